The summed E-state index contributed by atoms with van der Waals surface area (Å²) in [7, 11) is 0. The second-order valence-corrected chi connectivity index (χ2v) is 9.99. The lowest BCUT2D eigenvalue weighted by atomic mass is 9.77. The van der Waals surface area contributed by atoms with Crippen molar-refractivity contribution in [3.05, 3.63) is 53.7 Å². The van der Waals surface area contributed by atoms with Crippen LogP contribution in [0.5, 0.6) is 0 Å². The molecule has 1 heteroatoms. The van der Waals surface area contributed by atoms with Crippen LogP contribution >= 0.6 is 0 Å². The smallest absolute Gasteiger partial charge is 0.0702 e. The number of aromatic nitrogens is 1. The molecule has 2 aromatic rings. The molecule has 1 fully saturated rings. The first-order valence-electron chi connectivity index (χ1n) is 13.3. The molecular formula is C30H45N. The van der Waals surface area contributed by atoms with Gasteiger partial charge in [0.05, 0.1) is 5.69 Å². The topological polar surface area (TPSA) is 12.9 Å². The lowest BCUT2D eigenvalue weighted by molar-refractivity contribution is 0.240. The zero-order valence-corrected chi connectivity index (χ0v) is 20.2. The third-order valence-corrected chi connectivity index (χ3v) is 7.34. The van der Waals surface area contributed by atoms with Crippen molar-refractivity contribution in [3.63, 3.8) is 0 Å². The molecule has 2 atom stereocenters. The van der Waals surface area contributed by atoms with Gasteiger partial charge in [-0.15, -0.1) is 0 Å². The van der Waals surface area contributed by atoms with Gasteiger partial charge in [-0.05, 0) is 61.1 Å². The van der Waals surface area contributed by atoms with Crippen LogP contribution in [0.1, 0.15) is 108 Å². The van der Waals surface area contributed by atoms with Crippen LogP contribution in [0.3, 0.4) is 0 Å². The molecule has 1 aromatic heterocycles. The zero-order valence-electron chi connectivity index (χ0n) is 20.2. The molecule has 1 aliphatic carbocycles. The number of rotatable bonds is 13. The summed E-state index contributed by atoms with van der Waals surface area (Å²) in [4.78, 5) is 4.74. The molecule has 0 N–H and O–H groups in total. The Hall–Kier alpha value is -1.63. The van der Waals surface area contributed by atoms with Gasteiger partial charge in [-0.25, -0.2) is 0 Å². The van der Waals surface area contributed by atoms with Crippen LogP contribution in [0.15, 0.2) is 42.6 Å². The van der Waals surface area contributed by atoms with Crippen molar-refractivity contribution >= 4 is 0 Å². The molecule has 1 nitrogen and oxygen atoms in total. The van der Waals surface area contributed by atoms with E-state index in [2.05, 4.69) is 56.4 Å². The summed E-state index contributed by atoms with van der Waals surface area (Å²) in [6.07, 6.45) is 22.7. The van der Waals surface area contributed by atoms with Gasteiger partial charge in [-0.3, -0.25) is 4.98 Å². The van der Waals surface area contributed by atoms with E-state index in [1.165, 1.54) is 107 Å². The van der Waals surface area contributed by atoms with Crippen molar-refractivity contribution in [2.24, 2.45) is 11.8 Å². The van der Waals surface area contributed by atoms with Crippen molar-refractivity contribution in [1.29, 1.82) is 0 Å². The van der Waals surface area contributed by atoms with Crippen LogP contribution < -0.4 is 0 Å². The van der Waals surface area contributed by atoms with Crippen molar-refractivity contribution in [3.8, 4) is 11.3 Å². The average molecular weight is 420 g/mol. The van der Waals surface area contributed by atoms with Gasteiger partial charge in [0.1, 0.15) is 0 Å². The summed E-state index contributed by atoms with van der Waals surface area (Å²) in [6.45, 7) is 4.58. The van der Waals surface area contributed by atoms with Crippen LogP contribution in [0, 0.1) is 11.8 Å². The highest BCUT2D eigenvalue weighted by Crippen LogP contribution is 2.35. The van der Waals surface area contributed by atoms with Gasteiger partial charge >= 0.3 is 0 Å². The van der Waals surface area contributed by atoms with E-state index in [0.717, 1.165) is 24.0 Å². The number of nitrogens with zero attached hydrogens (tertiary/aromatic N) is 1. The fourth-order valence-corrected chi connectivity index (χ4v) is 5.32. The molecule has 1 aliphatic rings. The monoisotopic (exact) mass is 419 g/mol. The second-order valence-electron chi connectivity index (χ2n) is 9.99. The van der Waals surface area contributed by atoms with Crippen LogP contribution in [0.4, 0.5) is 0 Å². The fourth-order valence-electron chi connectivity index (χ4n) is 5.32. The first kappa shape index (κ1) is 24.0. The molecule has 0 spiro atoms. The number of hydrogen-bond acceptors (Lipinski definition) is 1. The predicted octanol–water partition coefficient (Wildman–Crippen LogP) is 9.19. The Labute approximate surface area is 192 Å². The third-order valence-electron chi connectivity index (χ3n) is 7.34. The van der Waals surface area contributed by atoms with E-state index in [-0.39, 0.29) is 0 Å². The lowest BCUT2D eigenvalue weighted by Gasteiger charge is -2.29. The Balaban J connectivity index is 1.43. The van der Waals surface area contributed by atoms with Gasteiger partial charge in [0.2, 0.25) is 0 Å². The fraction of sp³-hybridized carbons (Fsp3) is 0.633. The van der Waals surface area contributed by atoms with E-state index in [4.69, 9.17) is 4.98 Å². The summed E-state index contributed by atoms with van der Waals surface area (Å²) < 4.78 is 0. The molecule has 1 saturated carbocycles. The van der Waals surface area contributed by atoms with E-state index in [1.54, 1.807) is 0 Å². The first-order chi connectivity index (χ1) is 15.3. The lowest BCUT2D eigenvalue weighted by Crippen LogP contribution is -2.16. The summed E-state index contributed by atoms with van der Waals surface area (Å²) >= 11 is 0. The highest BCUT2D eigenvalue weighted by Gasteiger charge is 2.21. The van der Waals surface area contributed by atoms with E-state index < -0.39 is 0 Å². The maximum Gasteiger partial charge on any atom is 0.0702 e. The van der Waals surface area contributed by atoms with Crippen LogP contribution in [0.25, 0.3) is 11.3 Å². The molecule has 0 amide bonds. The Kier molecular flexibility index (Phi) is 10.6. The number of aryl methyl sites for hydroxylation is 2. The minimum absolute atomic E-state index is 0.951. The Morgan fingerprint density at radius 1 is 0.710 bits per heavy atom. The van der Waals surface area contributed by atoms with Gasteiger partial charge in [0, 0.05) is 11.8 Å². The summed E-state index contributed by atoms with van der Waals surface area (Å²) in [5.74, 6) is 1.96. The van der Waals surface area contributed by atoms with Crippen molar-refractivity contribution in [1.82, 2.24) is 4.98 Å². The van der Waals surface area contributed by atoms with E-state index in [0.29, 0.717) is 0 Å². The number of benzene rings is 1. The molecule has 1 aromatic carbocycles. The summed E-state index contributed by atoms with van der Waals surface area (Å²) in [6, 6.07) is 13.7. The highest BCUT2D eigenvalue weighted by atomic mass is 14.7. The van der Waals surface area contributed by atoms with Gasteiger partial charge in [-0.1, -0.05) is 108 Å². The van der Waals surface area contributed by atoms with E-state index in [9.17, 15) is 0 Å². The van der Waals surface area contributed by atoms with E-state index >= 15 is 0 Å². The molecule has 0 radical (unpaired) electrons. The number of unbranched alkanes of at least 4 members (excludes halogenated alkanes) is 5. The Morgan fingerprint density at radius 3 is 2.13 bits per heavy atom. The second kappa shape index (κ2) is 13.7. The summed E-state index contributed by atoms with van der Waals surface area (Å²) in [5.41, 5.74) is 5.21. The molecule has 2 unspecified atom stereocenters. The molecule has 0 saturated heterocycles. The van der Waals surface area contributed by atoms with Crippen molar-refractivity contribution in [2.45, 2.75) is 110 Å². The Morgan fingerprint density at radius 2 is 1.42 bits per heavy atom. The molecule has 0 aliphatic heterocycles. The van der Waals surface area contributed by atoms with Gasteiger partial charge in [0.25, 0.3) is 0 Å². The first-order valence-corrected chi connectivity index (χ1v) is 13.3. The number of pyridine rings is 1. The van der Waals surface area contributed by atoms with Crippen molar-refractivity contribution < 1.29 is 0 Å². The maximum absolute atomic E-state index is 4.74. The summed E-state index contributed by atoms with van der Waals surface area (Å²) in [5, 5.41) is 0. The van der Waals surface area contributed by atoms with Gasteiger partial charge in [-0.2, -0.15) is 0 Å². The van der Waals surface area contributed by atoms with Gasteiger partial charge < -0.3 is 0 Å². The van der Waals surface area contributed by atoms with Crippen LogP contribution in [-0.2, 0) is 12.8 Å². The SMILES string of the molecule is CCCCCCc1ccc(-c2ccc(CCC3CCCC(CCCCC)C3)cc2)nc1. The molecule has 170 valence electrons. The third kappa shape index (κ3) is 8.43. The largest absolute Gasteiger partial charge is 0.256 e. The highest BCUT2D eigenvalue weighted by molar-refractivity contribution is 5.59. The van der Waals surface area contributed by atoms with Crippen LogP contribution in [-0.4, -0.2) is 4.98 Å². The van der Waals surface area contributed by atoms with Crippen molar-refractivity contribution in [2.75, 3.05) is 0 Å². The predicted molar refractivity (Wildman–Crippen MR) is 135 cm³/mol. The minimum atomic E-state index is 0.951. The van der Waals surface area contributed by atoms with E-state index in [1.807, 2.05) is 0 Å². The molecule has 3 rings (SSSR count). The quantitative estimate of drug-likeness (QED) is 0.295. The molecule has 31 heavy (non-hydrogen) atoms. The minimum Gasteiger partial charge on any atom is -0.256 e. The molecule has 1 heterocycles. The normalized spacial score (nSPS) is 18.9. The maximum atomic E-state index is 4.74. The standard InChI is InChI=1S/C30H45N/c1-3-5-7-9-12-28-19-22-30(31-24-28)29-20-17-25(18-21-29)15-16-27-14-10-13-26(23-27)11-8-6-4-2/h17-22,24,26-27H,3-16,23H2,1-2H3. The average Bonchev–Trinajstić information content (AvgIpc) is 2.82. The van der Waals surface area contributed by atoms with Crippen LogP contribution in [0.2, 0.25) is 0 Å². The number of hydrogen-bond donors (Lipinski definition) is 0. The molecule has 0 bridgehead atoms. The zero-order chi connectivity index (χ0) is 21.7. The molecular weight excluding hydrogens is 374 g/mol. The Bertz CT molecular complexity index is 715. The van der Waals surface area contributed by atoms with Gasteiger partial charge in [0.15, 0.2) is 0 Å².